The van der Waals surface area contributed by atoms with Crippen LogP contribution < -0.4 is 5.73 Å². The van der Waals surface area contributed by atoms with Crippen molar-refractivity contribution >= 4 is 5.91 Å². The lowest BCUT2D eigenvalue weighted by Crippen LogP contribution is -2.49. The Hall–Kier alpha value is -1.35. The zero-order chi connectivity index (χ0) is 12.6. The maximum Gasteiger partial charge on any atom is 0.225 e. The minimum Gasteiger partial charge on any atom is -0.332 e. The van der Waals surface area contributed by atoms with Gasteiger partial charge in [0.25, 0.3) is 0 Å². The molecule has 1 unspecified atom stereocenters. The average molecular weight is 232 g/mol. The predicted octanol–water partition coefficient (Wildman–Crippen LogP) is 1.83. The molecule has 1 aliphatic heterocycles. The average Bonchev–Trinajstić information content (AvgIpc) is 2.44. The van der Waals surface area contributed by atoms with E-state index in [1.165, 1.54) is 5.56 Å². The molecule has 0 saturated carbocycles. The van der Waals surface area contributed by atoms with E-state index in [9.17, 15) is 4.79 Å². The Kier molecular flexibility index (Phi) is 2.96. The molecular weight excluding hydrogens is 212 g/mol. The smallest absolute Gasteiger partial charge is 0.225 e. The van der Waals surface area contributed by atoms with Crippen LogP contribution in [0, 0.1) is 6.92 Å². The maximum atomic E-state index is 11.9. The number of benzene rings is 1. The van der Waals surface area contributed by atoms with Gasteiger partial charge in [-0.15, -0.1) is 0 Å². The topological polar surface area (TPSA) is 46.3 Å². The highest BCUT2D eigenvalue weighted by molar-refractivity contribution is 5.80. The molecule has 1 saturated heterocycles. The molecule has 2 rings (SSSR count). The van der Waals surface area contributed by atoms with Gasteiger partial charge in [-0.25, -0.2) is 0 Å². The fourth-order valence-electron chi connectivity index (χ4n) is 2.24. The van der Waals surface area contributed by atoms with Crippen molar-refractivity contribution in [3.63, 3.8) is 0 Å². The van der Waals surface area contributed by atoms with Gasteiger partial charge in [0, 0.05) is 19.0 Å². The maximum absolute atomic E-state index is 11.9. The molecule has 0 radical (unpaired) electrons. The quantitative estimate of drug-likeness (QED) is 0.845. The summed E-state index contributed by atoms with van der Waals surface area (Å²) in [6.45, 7) is 6.79. The molecule has 2 N–H and O–H groups in total. The largest absolute Gasteiger partial charge is 0.332 e. The van der Waals surface area contributed by atoms with Gasteiger partial charge in [0.05, 0.1) is 5.54 Å². The van der Waals surface area contributed by atoms with E-state index >= 15 is 0 Å². The van der Waals surface area contributed by atoms with E-state index in [1.54, 1.807) is 0 Å². The van der Waals surface area contributed by atoms with Crippen molar-refractivity contribution in [1.82, 2.24) is 4.90 Å². The Balaban J connectivity index is 2.18. The van der Waals surface area contributed by atoms with Crippen LogP contribution in [0.25, 0.3) is 0 Å². The first-order valence-corrected chi connectivity index (χ1v) is 6.03. The Morgan fingerprint density at radius 3 is 2.41 bits per heavy atom. The first kappa shape index (κ1) is 12.1. The van der Waals surface area contributed by atoms with Crippen LogP contribution in [0.4, 0.5) is 0 Å². The van der Waals surface area contributed by atoms with Gasteiger partial charge in [-0.2, -0.15) is 0 Å². The molecule has 0 aromatic heterocycles. The van der Waals surface area contributed by atoms with E-state index in [-0.39, 0.29) is 17.5 Å². The molecule has 0 bridgehead atoms. The van der Waals surface area contributed by atoms with Gasteiger partial charge >= 0.3 is 0 Å². The first-order chi connectivity index (χ1) is 7.91. The number of nitrogens with two attached hydrogens (primary N) is 1. The monoisotopic (exact) mass is 232 g/mol. The molecule has 1 heterocycles. The van der Waals surface area contributed by atoms with Crippen LogP contribution in [0.1, 0.15) is 31.4 Å². The lowest BCUT2D eigenvalue weighted by Gasteiger charge is -2.34. The molecule has 1 aromatic rings. The first-order valence-electron chi connectivity index (χ1n) is 6.03. The van der Waals surface area contributed by atoms with Crippen LogP contribution in [-0.4, -0.2) is 22.4 Å². The van der Waals surface area contributed by atoms with Crippen LogP contribution >= 0.6 is 0 Å². The molecule has 1 aliphatic rings. The van der Waals surface area contributed by atoms with Crippen molar-refractivity contribution in [2.45, 2.75) is 45.3 Å². The Morgan fingerprint density at radius 2 is 1.94 bits per heavy atom. The summed E-state index contributed by atoms with van der Waals surface area (Å²) in [5, 5.41) is 0. The van der Waals surface area contributed by atoms with Crippen LogP contribution in [0.2, 0.25) is 0 Å². The standard InChI is InChI=1S/C14H20N2O/c1-10-4-6-11(7-5-10)9-16-13(17)8-12(15)14(16,2)3/h4-7,12H,8-9,15H2,1-3H3. The fourth-order valence-corrected chi connectivity index (χ4v) is 2.24. The van der Waals surface area contributed by atoms with Crippen molar-refractivity contribution in [2.24, 2.45) is 5.73 Å². The molecule has 92 valence electrons. The second-order valence-corrected chi connectivity index (χ2v) is 5.43. The van der Waals surface area contributed by atoms with E-state index in [0.717, 1.165) is 5.56 Å². The normalized spacial score (nSPS) is 23.2. The Labute approximate surface area is 103 Å². The van der Waals surface area contributed by atoms with Crippen molar-refractivity contribution < 1.29 is 4.79 Å². The molecule has 3 heteroatoms. The van der Waals surface area contributed by atoms with E-state index in [4.69, 9.17) is 5.73 Å². The molecule has 0 spiro atoms. The van der Waals surface area contributed by atoms with Crippen molar-refractivity contribution in [2.75, 3.05) is 0 Å². The van der Waals surface area contributed by atoms with Crippen LogP contribution in [0.15, 0.2) is 24.3 Å². The number of carbonyl (C=O) groups excluding carboxylic acids is 1. The lowest BCUT2D eigenvalue weighted by atomic mass is 9.96. The molecule has 1 atom stereocenters. The summed E-state index contributed by atoms with van der Waals surface area (Å²) in [7, 11) is 0. The minimum absolute atomic E-state index is 0.0690. The predicted molar refractivity (Wildman–Crippen MR) is 68.4 cm³/mol. The Morgan fingerprint density at radius 1 is 1.35 bits per heavy atom. The third-order valence-corrected chi connectivity index (χ3v) is 3.76. The number of nitrogens with zero attached hydrogens (tertiary/aromatic N) is 1. The van der Waals surface area contributed by atoms with Crippen molar-refractivity contribution in [3.05, 3.63) is 35.4 Å². The third kappa shape index (κ3) is 2.20. The zero-order valence-electron chi connectivity index (χ0n) is 10.7. The molecule has 1 amide bonds. The van der Waals surface area contributed by atoms with E-state index in [2.05, 4.69) is 31.2 Å². The summed E-state index contributed by atoms with van der Waals surface area (Å²) >= 11 is 0. The number of hydrogen-bond acceptors (Lipinski definition) is 2. The summed E-state index contributed by atoms with van der Waals surface area (Å²) in [4.78, 5) is 13.8. The van der Waals surface area contributed by atoms with Gasteiger partial charge in [-0.1, -0.05) is 29.8 Å². The minimum atomic E-state index is -0.248. The van der Waals surface area contributed by atoms with Crippen molar-refractivity contribution in [3.8, 4) is 0 Å². The van der Waals surface area contributed by atoms with Gasteiger partial charge in [-0.3, -0.25) is 4.79 Å². The second kappa shape index (κ2) is 4.15. The highest BCUT2D eigenvalue weighted by Crippen LogP contribution is 2.30. The van der Waals surface area contributed by atoms with Gasteiger partial charge in [0.15, 0.2) is 0 Å². The summed E-state index contributed by atoms with van der Waals surface area (Å²) < 4.78 is 0. The fraction of sp³-hybridized carbons (Fsp3) is 0.500. The SMILES string of the molecule is Cc1ccc(CN2C(=O)CC(N)C2(C)C)cc1. The molecule has 17 heavy (non-hydrogen) atoms. The van der Waals surface area contributed by atoms with Crippen LogP contribution in [-0.2, 0) is 11.3 Å². The number of likely N-dealkylation sites (tertiary alicyclic amines) is 1. The molecule has 1 fully saturated rings. The molecule has 3 nitrogen and oxygen atoms in total. The summed E-state index contributed by atoms with van der Waals surface area (Å²) in [6, 6.07) is 8.22. The lowest BCUT2D eigenvalue weighted by molar-refractivity contribution is -0.131. The highest BCUT2D eigenvalue weighted by atomic mass is 16.2. The number of carbonyl (C=O) groups is 1. The molecule has 1 aromatic carbocycles. The Bertz CT molecular complexity index is 422. The second-order valence-electron chi connectivity index (χ2n) is 5.43. The number of hydrogen-bond donors (Lipinski definition) is 1. The zero-order valence-corrected chi connectivity index (χ0v) is 10.7. The van der Waals surface area contributed by atoms with Crippen LogP contribution in [0.3, 0.4) is 0 Å². The third-order valence-electron chi connectivity index (χ3n) is 3.76. The van der Waals surface area contributed by atoms with Gasteiger partial charge < -0.3 is 10.6 Å². The van der Waals surface area contributed by atoms with Crippen molar-refractivity contribution in [1.29, 1.82) is 0 Å². The summed E-state index contributed by atoms with van der Waals surface area (Å²) in [5.41, 5.74) is 8.15. The van der Waals surface area contributed by atoms with Gasteiger partial charge in [0.1, 0.15) is 0 Å². The summed E-state index contributed by atoms with van der Waals surface area (Å²) in [5.74, 6) is 0.156. The van der Waals surface area contributed by atoms with Gasteiger partial charge in [0.2, 0.25) is 5.91 Å². The van der Waals surface area contributed by atoms with E-state index in [0.29, 0.717) is 13.0 Å². The summed E-state index contributed by atoms with van der Waals surface area (Å²) in [6.07, 6.45) is 0.457. The highest BCUT2D eigenvalue weighted by Gasteiger charge is 2.43. The number of amides is 1. The number of aryl methyl sites for hydroxylation is 1. The van der Waals surface area contributed by atoms with E-state index < -0.39 is 0 Å². The molecule has 0 aliphatic carbocycles. The molecular formula is C14H20N2O. The van der Waals surface area contributed by atoms with Gasteiger partial charge in [-0.05, 0) is 26.3 Å². The van der Waals surface area contributed by atoms with E-state index in [1.807, 2.05) is 18.7 Å². The van der Waals surface area contributed by atoms with Crippen LogP contribution in [0.5, 0.6) is 0 Å². The number of rotatable bonds is 2.